The summed E-state index contributed by atoms with van der Waals surface area (Å²) in [4.78, 5) is 0. The Morgan fingerprint density at radius 3 is 2.09 bits per heavy atom. The summed E-state index contributed by atoms with van der Waals surface area (Å²) in [6.45, 7) is 6.12. The molecule has 0 heterocycles. The number of hydrogen-bond acceptors (Lipinski definition) is 2. The third-order valence-electron chi connectivity index (χ3n) is 4.52. The lowest BCUT2D eigenvalue weighted by Crippen LogP contribution is -2.12. The van der Waals surface area contributed by atoms with Crippen molar-refractivity contribution >= 4 is 0 Å². The standard InChI is InChI=1S/C21H37NO/c1-3-5-7-9-11-20(10-8-6-4-2)18-23-21-14-12-19(13-15-21)16-17-22/h12-15,20H,3-11,16-18,22H2,1-2H3. The first kappa shape index (κ1) is 20.0. The van der Waals surface area contributed by atoms with Gasteiger partial charge in [-0.3, -0.25) is 0 Å². The molecular formula is C21H37NO. The molecule has 0 aromatic heterocycles. The molecular weight excluding hydrogens is 282 g/mol. The molecule has 2 heteroatoms. The molecule has 0 fully saturated rings. The molecule has 1 rings (SSSR count). The van der Waals surface area contributed by atoms with E-state index >= 15 is 0 Å². The molecule has 0 saturated carbocycles. The summed E-state index contributed by atoms with van der Waals surface area (Å²) in [6, 6.07) is 8.45. The van der Waals surface area contributed by atoms with Crippen LogP contribution in [-0.2, 0) is 6.42 Å². The van der Waals surface area contributed by atoms with Crippen LogP contribution < -0.4 is 10.5 Å². The summed E-state index contributed by atoms with van der Waals surface area (Å²) in [7, 11) is 0. The van der Waals surface area contributed by atoms with Crippen molar-refractivity contribution in [2.24, 2.45) is 11.7 Å². The van der Waals surface area contributed by atoms with Crippen molar-refractivity contribution in [3.05, 3.63) is 29.8 Å². The molecule has 0 aliphatic carbocycles. The first-order valence-electron chi connectivity index (χ1n) is 9.71. The highest BCUT2D eigenvalue weighted by Crippen LogP contribution is 2.20. The van der Waals surface area contributed by atoms with Crippen molar-refractivity contribution in [1.29, 1.82) is 0 Å². The van der Waals surface area contributed by atoms with Gasteiger partial charge in [0.1, 0.15) is 5.75 Å². The van der Waals surface area contributed by atoms with Gasteiger partial charge in [0.2, 0.25) is 0 Å². The predicted octanol–water partition coefficient (Wildman–Crippen LogP) is 5.73. The fraction of sp³-hybridized carbons (Fsp3) is 0.714. The van der Waals surface area contributed by atoms with Crippen molar-refractivity contribution in [3.8, 4) is 5.75 Å². The van der Waals surface area contributed by atoms with Crippen LogP contribution in [0.15, 0.2) is 24.3 Å². The molecule has 1 atom stereocenters. The predicted molar refractivity (Wildman–Crippen MR) is 101 cm³/mol. The summed E-state index contributed by atoms with van der Waals surface area (Å²) in [5.41, 5.74) is 6.88. The highest BCUT2D eigenvalue weighted by molar-refractivity contribution is 5.27. The van der Waals surface area contributed by atoms with Gasteiger partial charge in [-0.05, 0) is 49.4 Å². The molecule has 0 aliphatic heterocycles. The van der Waals surface area contributed by atoms with E-state index in [4.69, 9.17) is 10.5 Å². The van der Waals surface area contributed by atoms with Crippen molar-refractivity contribution in [2.75, 3.05) is 13.2 Å². The third kappa shape index (κ3) is 9.65. The molecule has 0 amide bonds. The number of nitrogens with two attached hydrogens (primary N) is 1. The van der Waals surface area contributed by atoms with Crippen LogP contribution in [0.25, 0.3) is 0 Å². The van der Waals surface area contributed by atoms with Crippen molar-refractivity contribution in [2.45, 2.75) is 78.1 Å². The van der Waals surface area contributed by atoms with E-state index in [1.54, 1.807) is 0 Å². The average Bonchev–Trinajstić information content (AvgIpc) is 2.57. The van der Waals surface area contributed by atoms with Gasteiger partial charge in [0, 0.05) is 0 Å². The van der Waals surface area contributed by atoms with E-state index in [0.29, 0.717) is 12.5 Å². The second-order valence-electron chi connectivity index (χ2n) is 6.70. The number of benzene rings is 1. The van der Waals surface area contributed by atoms with Crippen LogP contribution in [0.5, 0.6) is 5.75 Å². The molecule has 1 aromatic carbocycles. The smallest absolute Gasteiger partial charge is 0.119 e. The largest absolute Gasteiger partial charge is 0.493 e. The molecule has 132 valence electrons. The number of hydrogen-bond donors (Lipinski definition) is 1. The number of rotatable bonds is 14. The topological polar surface area (TPSA) is 35.2 Å². The monoisotopic (exact) mass is 319 g/mol. The first-order chi connectivity index (χ1) is 11.3. The Morgan fingerprint density at radius 2 is 1.48 bits per heavy atom. The van der Waals surface area contributed by atoms with E-state index in [0.717, 1.165) is 18.8 Å². The van der Waals surface area contributed by atoms with Gasteiger partial charge < -0.3 is 10.5 Å². The van der Waals surface area contributed by atoms with Gasteiger partial charge >= 0.3 is 0 Å². The molecule has 0 spiro atoms. The quantitative estimate of drug-likeness (QED) is 0.444. The highest BCUT2D eigenvalue weighted by Gasteiger charge is 2.10. The Morgan fingerprint density at radius 1 is 0.870 bits per heavy atom. The van der Waals surface area contributed by atoms with Gasteiger partial charge in [0.05, 0.1) is 6.61 Å². The van der Waals surface area contributed by atoms with Crippen LogP contribution in [0.4, 0.5) is 0 Å². The van der Waals surface area contributed by atoms with Gasteiger partial charge in [-0.2, -0.15) is 0 Å². The maximum atomic E-state index is 6.06. The van der Waals surface area contributed by atoms with Crippen molar-refractivity contribution < 1.29 is 4.74 Å². The minimum absolute atomic E-state index is 0.706. The lowest BCUT2D eigenvalue weighted by molar-refractivity contribution is 0.224. The Hall–Kier alpha value is -1.02. The minimum Gasteiger partial charge on any atom is -0.493 e. The lowest BCUT2D eigenvalue weighted by Gasteiger charge is -2.18. The summed E-state index contributed by atoms with van der Waals surface area (Å²) < 4.78 is 6.06. The first-order valence-corrected chi connectivity index (χ1v) is 9.71. The normalized spacial score (nSPS) is 12.3. The van der Waals surface area contributed by atoms with Gasteiger partial charge in [-0.25, -0.2) is 0 Å². The Labute approximate surface area is 143 Å². The molecule has 1 unspecified atom stereocenters. The second kappa shape index (κ2) is 13.4. The zero-order valence-electron chi connectivity index (χ0n) is 15.4. The van der Waals surface area contributed by atoms with Crippen LogP contribution in [0.3, 0.4) is 0 Å². The van der Waals surface area contributed by atoms with E-state index < -0.39 is 0 Å². The molecule has 1 aromatic rings. The number of ether oxygens (including phenoxy) is 1. The van der Waals surface area contributed by atoms with Crippen LogP contribution in [0.1, 0.15) is 77.2 Å². The van der Waals surface area contributed by atoms with Crippen LogP contribution in [-0.4, -0.2) is 13.2 Å². The summed E-state index contributed by atoms with van der Waals surface area (Å²) in [5.74, 6) is 1.71. The van der Waals surface area contributed by atoms with E-state index in [-0.39, 0.29) is 0 Å². The minimum atomic E-state index is 0.706. The Bertz CT molecular complexity index is 374. The van der Waals surface area contributed by atoms with Gasteiger partial charge in [-0.15, -0.1) is 0 Å². The molecule has 0 saturated heterocycles. The number of unbranched alkanes of at least 4 members (excludes halogenated alkanes) is 5. The summed E-state index contributed by atoms with van der Waals surface area (Å²) in [6.07, 6.45) is 13.0. The zero-order valence-corrected chi connectivity index (χ0v) is 15.4. The van der Waals surface area contributed by atoms with Crippen molar-refractivity contribution in [3.63, 3.8) is 0 Å². The highest BCUT2D eigenvalue weighted by atomic mass is 16.5. The Kier molecular flexibility index (Phi) is 11.7. The Balaban J connectivity index is 2.37. The molecule has 0 bridgehead atoms. The lowest BCUT2D eigenvalue weighted by atomic mass is 9.95. The van der Waals surface area contributed by atoms with Gasteiger partial charge in [0.25, 0.3) is 0 Å². The van der Waals surface area contributed by atoms with E-state index in [1.165, 1.54) is 63.4 Å². The maximum absolute atomic E-state index is 6.06. The van der Waals surface area contributed by atoms with Gasteiger partial charge in [-0.1, -0.05) is 70.9 Å². The van der Waals surface area contributed by atoms with E-state index in [2.05, 4.69) is 38.1 Å². The SMILES string of the molecule is CCCCCCC(CCCCC)COc1ccc(CCN)cc1. The summed E-state index contributed by atoms with van der Waals surface area (Å²) in [5, 5.41) is 0. The second-order valence-corrected chi connectivity index (χ2v) is 6.70. The fourth-order valence-corrected chi connectivity index (χ4v) is 2.99. The average molecular weight is 320 g/mol. The zero-order chi connectivity index (χ0) is 16.8. The molecule has 2 N–H and O–H groups in total. The van der Waals surface area contributed by atoms with Crippen LogP contribution >= 0.6 is 0 Å². The van der Waals surface area contributed by atoms with Gasteiger partial charge in [0.15, 0.2) is 0 Å². The van der Waals surface area contributed by atoms with Crippen LogP contribution in [0.2, 0.25) is 0 Å². The maximum Gasteiger partial charge on any atom is 0.119 e. The van der Waals surface area contributed by atoms with Crippen molar-refractivity contribution in [1.82, 2.24) is 0 Å². The molecule has 23 heavy (non-hydrogen) atoms. The van der Waals surface area contributed by atoms with E-state index in [1.807, 2.05) is 0 Å². The third-order valence-corrected chi connectivity index (χ3v) is 4.52. The van der Waals surface area contributed by atoms with E-state index in [9.17, 15) is 0 Å². The molecule has 0 aliphatic rings. The van der Waals surface area contributed by atoms with Crippen LogP contribution in [0, 0.1) is 5.92 Å². The molecule has 0 radical (unpaired) electrons. The summed E-state index contributed by atoms with van der Waals surface area (Å²) >= 11 is 0. The molecule has 2 nitrogen and oxygen atoms in total. The fourth-order valence-electron chi connectivity index (χ4n) is 2.99.